The van der Waals surface area contributed by atoms with Crippen molar-refractivity contribution < 1.29 is 22.5 Å². The zero-order valence-electron chi connectivity index (χ0n) is 17.8. The van der Waals surface area contributed by atoms with Crippen molar-refractivity contribution >= 4 is 27.4 Å². The Morgan fingerprint density at radius 3 is 2.42 bits per heavy atom. The highest BCUT2D eigenvalue weighted by atomic mass is 32.2. The summed E-state index contributed by atoms with van der Waals surface area (Å²) in [4.78, 5) is 37.9. The first-order valence-electron chi connectivity index (χ1n) is 10.3. The van der Waals surface area contributed by atoms with Crippen molar-refractivity contribution in [2.24, 2.45) is 5.92 Å². The Kier molecular flexibility index (Phi) is 6.25. The first kappa shape index (κ1) is 22.6. The number of benzene rings is 2. The van der Waals surface area contributed by atoms with Gasteiger partial charge in [-0.1, -0.05) is 29.4 Å². The molecule has 0 aliphatic carbocycles. The molecular weight excluding hydrogens is 448 g/mol. The number of Topliss-reactive ketones (excluding diaryl/α,β-unsaturated/α-hetero) is 1. The summed E-state index contributed by atoms with van der Waals surface area (Å²) in [7, 11) is -3.70. The monoisotopic (exact) mass is 470 g/mol. The summed E-state index contributed by atoms with van der Waals surface area (Å²) in [5.41, 5.74) is 1.56. The van der Waals surface area contributed by atoms with E-state index in [9.17, 15) is 22.8 Å². The summed E-state index contributed by atoms with van der Waals surface area (Å²) in [6, 6.07) is 12.7. The van der Waals surface area contributed by atoms with Gasteiger partial charge in [-0.3, -0.25) is 19.1 Å². The van der Waals surface area contributed by atoms with Gasteiger partial charge >= 0.3 is 5.76 Å². The number of aromatic amines is 1. The molecule has 1 saturated heterocycles. The van der Waals surface area contributed by atoms with E-state index in [4.69, 9.17) is 0 Å². The van der Waals surface area contributed by atoms with Crippen LogP contribution in [0.15, 0.2) is 62.7 Å². The lowest BCUT2D eigenvalue weighted by Crippen LogP contribution is -2.41. The van der Waals surface area contributed by atoms with Crippen LogP contribution >= 0.6 is 0 Å². The Balaban J connectivity index is 1.38. The van der Waals surface area contributed by atoms with E-state index in [0.717, 1.165) is 0 Å². The van der Waals surface area contributed by atoms with Gasteiger partial charge in [-0.15, -0.1) is 0 Å². The number of piperidine rings is 1. The molecule has 1 aromatic heterocycles. The van der Waals surface area contributed by atoms with Gasteiger partial charge in [0.2, 0.25) is 15.9 Å². The minimum atomic E-state index is -3.70. The molecule has 0 radical (unpaired) electrons. The third kappa shape index (κ3) is 4.94. The quantitative estimate of drug-likeness (QED) is 0.526. The molecule has 0 spiro atoms. The zero-order chi connectivity index (χ0) is 23.6. The number of ketones is 1. The van der Waals surface area contributed by atoms with Crippen LogP contribution in [0.2, 0.25) is 0 Å². The number of carbonyl (C=O) groups excluding carboxylic acids is 2. The Morgan fingerprint density at radius 1 is 1.12 bits per heavy atom. The van der Waals surface area contributed by atoms with Gasteiger partial charge < -0.3 is 5.32 Å². The number of nitrogens with zero attached hydrogens (tertiary/aromatic N) is 2. The maximum Gasteiger partial charge on any atom is 0.439 e. The number of hydrogen-bond acceptors (Lipinski definition) is 7. The van der Waals surface area contributed by atoms with Crippen molar-refractivity contribution in [3.63, 3.8) is 0 Å². The zero-order valence-corrected chi connectivity index (χ0v) is 18.6. The molecule has 1 aliphatic heterocycles. The standard InChI is InChI=1S/C22H22N4O6S/c1-14(27)15-5-7-19(8-6-15)33(30,31)26-11-9-16(10-12-26)21(28)23-18-4-2-3-17(13-18)20-24-22(29)32-25-20/h2-8,13,16H,9-12H2,1H3,(H,23,28)(H,24,25,29). The van der Waals surface area contributed by atoms with Crippen LogP contribution in [0, 0.1) is 5.92 Å². The van der Waals surface area contributed by atoms with Crippen molar-refractivity contribution in [1.29, 1.82) is 0 Å². The number of sulfonamides is 1. The third-order valence-corrected chi connectivity index (χ3v) is 7.48. The SMILES string of the molecule is CC(=O)c1ccc(S(=O)(=O)N2CCC(C(=O)Nc3cccc(-c4noc(=O)[nH]4)c3)CC2)cc1. The van der Waals surface area contributed by atoms with E-state index >= 15 is 0 Å². The van der Waals surface area contributed by atoms with Crippen LogP contribution in [0.1, 0.15) is 30.1 Å². The molecule has 0 atom stereocenters. The first-order chi connectivity index (χ1) is 15.7. The van der Waals surface area contributed by atoms with E-state index in [1.54, 1.807) is 24.3 Å². The third-order valence-electron chi connectivity index (χ3n) is 5.57. The summed E-state index contributed by atoms with van der Waals surface area (Å²) >= 11 is 0. The van der Waals surface area contributed by atoms with Gasteiger partial charge in [-0.2, -0.15) is 4.31 Å². The lowest BCUT2D eigenvalue weighted by molar-refractivity contribution is -0.120. The summed E-state index contributed by atoms with van der Waals surface area (Å²) in [6.45, 7) is 1.86. The molecule has 2 heterocycles. The fraction of sp³-hybridized carbons (Fsp3) is 0.273. The number of hydrogen-bond donors (Lipinski definition) is 2. The van der Waals surface area contributed by atoms with Gasteiger partial charge in [0.1, 0.15) is 0 Å². The molecule has 172 valence electrons. The highest BCUT2D eigenvalue weighted by Crippen LogP contribution is 2.26. The Labute approximate surface area is 189 Å². The lowest BCUT2D eigenvalue weighted by atomic mass is 9.97. The van der Waals surface area contributed by atoms with Crippen molar-refractivity contribution in [3.8, 4) is 11.4 Å². The van der Waals surface area contributed by atoms with Crippen molar-refractivity contribution in [3.05, 3.63) is 64.6 Å². The highest BCUT2D eigenvalue weighted by Gasteiger charge is 2.32. The second-order valence-corrected chi connectivity index (χ2v) is 9.71. The number of anilines is 1. The number of amides is 1. The van der Waals surface area contributed by atoms with E-state index in [0.29, 0.717) is 29.7 Å². The van der Waals surface area contributed by atoms with Crippen LogP contribution in [-0.4, -0.2) is 47.6 Å². The van der Waals surface area contributed by atoms with Gasteiger partial charge in [0.05, 0.1) is 4.90 Å². The van der Waals surface area contributed by atoms with Gasteiger partial charge in [-0.25, -0.2) is 13.2 Å². The molecule has 11 heteroatoms. The van der Waals surface area contributed by atoms with Crippen LogP contribution in [0.4, 0.5) is 5.69 Å². The molecule has 10 nitrogen and oxygen atoms in total. The second-order valence-electron chi connectivity index (χ2n) is 7.77. The highest BCUT2D eigenvalue weighted by molar-refractivity contribution is 7.89. The van der Waals surface area contributed by atoms with E-state index in [1.165, 1.54) is 35.5 Å². The smallest absolute Gasteiger partial charge is 0.326 e. The Bertz CT molecular complexity index is 1340. The molecule has 0 bridgehead atoms. The number of aromatic nitrogens is 2. The van der Waals surface area contributed by atoms with Crippen LogP contribution in [0.25, 0.3) is 11.4 Å². The average molecular weight is 471 g/mol. The van der Waals surface area contributed by atoms with Gasteiger partial charge in [-0.05, 0) is 44.0 Å². The van der Waals surface area contributed by atoms with E-state index in [-0.39, 0.29) is 41.4 Å². The predicted molar refractivity (Wildman–Crippen MR) is 119 cm³/mol. The molecule has 1 amide bonds. The second kappa shape index (κ2) is 9.12. The summed E-state index contributed by atoms with van der Waals surface area (Å²) in [5.74, 6) is -1.09. The molecule has 0 saturated carbocycles. The Hall–Kier alpha value is -3.57. The lowest BCUT2D eigenvalue weighted by Gasteiger charge is -2.30. The molecule has 2 aromatic carbocycles. The predicted octanol–water partition coefficient (Wildman–Crippen LogP) is 2.27. The maximum atomic E-state index is 12.9. The van der Waals surface area contributed by atoms with Gasteiger partial charge in [0, 0.05) is 35.8 Å². The van der Waals surface area contributed by atoms with Crippen LogP contribution in [0.3, 0.4) is 0 Å². The molecular formula is C22H22N4O6S. The minimum Gasteiger partial charge on any atom is -0.326 e. The normalized spacial score (nSPS) is 15.3. The maximum absolute atomic E-state index is 12.9. The average Bonchev–Trinajstić information content (AvgIpc) is 3.25. The molecule has 1 aliphatic rings. The van der Waals surface area contributed by atoms with E-state index in [2.05, 4.69) is 20.0 Å². The van der Waals surface area contributed by atoms with E-state index < -0.39 is 15.8 Å². The topological polar surface area (TPSA) is 142 Å². The number of H-pyrrole nitrogens is 1. The summed E-state index contributed by atoms with van der Waals surface area (Å²) < 4.78 is 31.7. The number of nitrogens with one attached hydrogen (secondary N) is 2. The Morgan fingerprint density at radius 2 is 1.82 bits per heavy atom. The van der Waals surface area contributed by atoms with Crippen molar-refractivity contribution in [2.75, 3.05) is 18.4 Å². The van der Waals surface area contributed by atoms with Gasteiger partial charge in [0.15, 0.2) is 11.6 Å². The van der Waals surface area contributed by atoms with E-state index in [1.807, 2.05) is 0 Å². The number of carbonyl (C=O) groups is 2. The van der Waals surface area contributed by atoms with Crippen LogP contribution in [-0.2, 0) is 14.8 Å². The molecule has 4 rings (SSSR count). The van der Waals surface area contributed by atoms with Crippen molar-refractivity contribution in [1.82, 2.24) is 14.4 Å². The van der Waals surface area contributed by atoms with Gasteiger partial charge in [0.25, 0.3) is 0 Å². The molecule has 2 N–H and O–H groups in total. The molecule has 0 unspecified atom stereocenters. The first-order valence-corrected chi connectivity index (χ1v) is 11.8. The molecule has 33 heavy (non-hydrogen) atoms. The fourth-order valence-electron chi connectivity index (χ4n) is 3.71. The molecule has 3 aromatic rings. The number of rotatable bonds is 6. The summed E-state index contributed by atoms with van der Waals surface area (Å²) in [5, 5.41) is 6.47. The van der Waals surface area contributed by atoms with Crippen LogP contribution in [0.5, 0.6) is 0 Å². The molecule has 1 fully saturated rings. The largest absolute Gasteiger partial charge is 0.439 e. The van der Waals surface area contributed by atoms with Crippen molar-refractivity contribution in [2.45, 2.75) is 24.7 Å². The minimum absolute atomic E-state index is 0.123. The van der Waals surface area contributed by atoms with Crippen LogP contribution < -0.4 is 11.1 Å². The fourth-order valence-corrected chi connectivity index (χ4v) is 5.18. The summed E-state index contributed by atoms with van der Waals surface area (Å²) in [6.07, 6.45) is 0.764.